The number of benzene rings is 1. The average molecular weight is 208 g/mol. The fraction of sp³-hybridized carbons (Fsp3) is 0.417. The standard InChI is InChI=1S/C12H16O3/c1-8-5-9(2)7-11(6-8)15-10(3)12(13)14-4/h5-7,10H,1-4H3/t10-/m1/s1. The Balaban J connectivity index is 2.76. The van der Waals surface area contributed by atoms with Gasteiger partial charge in [0, 0.05) is 0 Å². The van der Waals surface area contributed by atoms with Gasteiger partial charge in [0.25, 0.3) is 0 Å². The maximum absolute atomic E-state index is 11.1. The largest absolute Gasteiger partial charge is 0.479 e. The van der Waals surface area contributed by atoms with Crippen LogP contribution in [0.25, 0.3) is 0 Å². The predicted octanol–water partition coefficient (Wildman–Crippen LogP) is 2.24. The Morgan fingerprint density at radius 1 is 1.20 bits per heavy atom. The average Bonchev–Trinajstić information content (AvgIpc) is 2.14. The van der Waals surface area contributed by atoms with Gasteiger partial charge in [-0.1, -0.05) is 6.07 Å². The first-order valence-corrected chi connectivity index (χ1v) is 4.85. The van der Waals surface area contributed by atoms with Gasteiger partial charge in [-0.05, 0) is 44.0 Å². The van der Waals surface area contributed by atoms with Crippen LogP contribution in [-0.2, 0) is 9.53 Å². The summed E-state index contributed by atoms with van der Waals surface area (Å²) in [5, 5.41) is 0. The van der Waals surface area contributed by atoms with E-state index in [0.29, 0.717) is 5.75 Å². The highest BCUT2D eigenvalue weighted by molar-refractivity contribution is 5.74. The van der Waals surface area contributed by atoms with Crippen LogP contribution in [0.15, 0.2) is 18.2 Å². The zero-order valence-electron chi connectivity index (χ0n) is 9.53. The molecule has 0 N–H and O–H groups in total. The smallest absolute Gasteiger partial charge is 0.346 e. The molecule has 3 nitrogen and oxygen atoms in total. The topological polar surface area (TPSA) is 35.5 Å². The Labute approximate surface area is 90.0 Å². The molecule has 0 aromatic heterocycles. The van der Waals surface area contributed by atoms with Gasteiger partial charge in [0.15, 0.2) is 6.10 Å². The fourth-order valence-electron chi connectivity index (χ4n) is 1.42. The predicted molar refractivity (Wildman–Crippen MR) is 58.0 cm³/mol. The molecule has 0 aliphatic carbocycles. The SMILES string of the molecule is COC(=O)[C@@H](C)Oc1cc(C)cc(C)c1. The van der Waals surface area contributed by atoms with Crippen LogP contribution in [0.4, 0.5) is 0 Å². The van der Waals surface area contributed by atoms with E-state index in [1.54, 1.807) is 6.92 Å². The van der Waals surface area contributed by atoms with Crippen LogP contribution in [0, 0.1) is 13.8 Å². The summed E-state index contributed by atoms with van der Waals surface area (Å²) in [6, 6.07) is 5.84. The quantitative estimate of drug-likeness (QED) is 0.715. The minimum absolute atomic E-state index is 0.367. The van der Waals surface area contributed by atoms with Gasteiger partial charge in [-0.15, -0.1) is 0 Å². The van der Waals surface area contributed by atoms with Gasteiger partial charge in [-0.25, -0.2) is 4.79 Å². The molecule has 1 rings (SSSR count). The second-order valence-electron chi connectivity index (χ2n) is 3.61. The molecule has 0 saturated heterocycles. The second-order valence-corrected chi connectivity index (χ2v) is 3.61. The van der Waals surface area contributed by atoms with Crippen molar-refractivity contribution in [1.82, 2.24) is 0 Å². The van der Waals surface area contributed by atoms with Crippen molar-refractivity contribution in [2.45, 2.75) is 26.9 Å². The van der Waals surface area contributed by atoms with E-state index in [0.717, 1.165) is 11.1 Å². The van der Waals surface area contributed by atoms with Crippen LogP contribution < -0.4 is 4.74 Å². The highest BCUT2D eigenvalue weighted by Crippen LogP contribution is 2.17. The first kappa shape index (κ1) is 11.6. The van der Waals surface area contributed by atoms with Crippen molar-refractivity contribution in [3.05, 3.63) is 29.3 Å². The maximum atomic E-state index is 11.1. The van der Waals surface area contributed by atoms with E-state index in [1.165, 1.54) is 7.11 Å². The monoisotopic (exact) mass is 208 g/mol. The summed E-state index contributed by atoms with van der Waals surface area (Å²) >= 11 is 0. The van der Waals surface area contributed by atoms with Crippen LogP contribution in [0.1, 0.15) is 18.1 Å². The number of hydrogen-bond donors (Lipinski definition) is 0. The Hall–Kier alpha value is -1.51. The Kier molecular flexibility index (Phi) is 3.72. The Morgan fingerprint density at radius 3 is 2.20 bits per heavy atom. The number of esters is 1. The lowest BCUT2D eigenvalue weighted by atomic mass is 10.1. The molecule has 0 unspecified atom stereocenters. The van der Waals surface area contributed by atoms with Gasteiger partial charge in [0.1, 0.15) is 5.75 Å². The number of methoxy groups -OCH3 is 1. The first-order valence-electron chi connectivity index (χ1n) is 4.85. The Bertz CT molecular complexity index is 338. The molecule has 0 heterocycles. The number of carbonyl (C=O) groups is 1. The summed E-state index contributed by atoms with van der Waals surface area (Å²) < 4.78 is 10.0. The molecule has 0 spiro atoms. The lowest BCUT2D eigenvalue weighted by Crippen LogP contribution is -2.24. The third kappa shape index (κ3) is 3.27. The van der Waals surface area contributed by atoms with Gasteiger partial charge in [0.05, 0.1) is 7.11 Å². The summed E-state index contributed by atoms with van der Waals surface area (Å²) in [6.07, 6.45) is -0.573. The molecule has 0 bridgehead atoms. The minimum Gasteiger partial charge on any atom is -0.479 e. The molecular formula is C12H16O3. The Morgan fingerprint density at radius 2 is 1.73 bits per heavy atom. The lowest BCUT2D eigenvalue weighted by Gasteiger charge is -2.13. The first-order chi connectivity index (χ1) is 7.02. The van der Waals surface area contributed by atoms with Gasteiger partial charge in [0.2, 0.25) is 0 Å². The molecule has 82 valence electrons. The van der Waals surface area contributed by atoms with E-state index in [4.69, 9.17) is 4.74 Å². The number of aryl methyl sites for hydroxylation is 2. The van der Waals surface area contributed by atoms with Crippen molar-refractivity contribution in [3.8, 4) is 5.75 Å². The van der Waals surface area contributed by atoms with Crippen LogP contribution in [0.5, 0.6) is 5.75 Å². The normalized spacial score (nSPS) is 12.0. The fourth-order valence-corrected chi connectivity index (χ4v) is 1.42. The molecule has 0 amide bonds. The molecule has 15 heavy (non-hydrogen) atoms. The van der Waals surface area contributed by atoms with Crippen LogP contribution in [-0.4, -0.2) is 19.2 Å². The molecule has 0 saturated carbocycles. The molecule has 0 aliphatic heterocycles. The third-order valence-electron chi connectivity index (χ3n) is 2.04. The second kappa shape index (κ2) is 4.82. The van der Waals surface area contributed by atoms with Crippen molar-refractivity contribution in [1.29, 1.82) is 0 Å². The van der Waals surface area contributed by atoms with E-state index in [-0.39, 0.29) is 5.97 Å². The van der Waals surface area contributed by atoms with E-state index >= 15 is 0 Å². The molecule has 0 radical (unpaired) electrons. The van der Waals surface area contributed by atoms with Gasteiger partial charge in [-0.3, -0.25) is 0 Å². The van der Waals surface area contributed by atoms with Crippen molar-refractivity contribution >= 4 is 5.97 Å². The third-order valence-corrected chi connectivity index (χ3v) is 2.04. The van der Waals surface area contributed by atoms with E-state index in [1.807, 2.05) is 26.0 Å². The summed E-state index contributed by atoms with van der Waals surface area (Å²) in [5.74, 6) is 0.333. The summed E-state index contributed by atoms with van der Waals surface area (Å²) in [5.41, 5.74) is 2.23. The summed E-state index contributed by atoms with van der Waals surface area (Å²) in [7, 11) is 1.35. The van der Waals surface area contributed by atoms with Crippen molar-refractivity contribution in [2.24, 2.45) is 0 Å². The molecular weight excluding hydrogens is 192 g/mol. The van der Waals surface area contributed by atoms with Gasteiger partial charge in [-0.2, -0.15) is 0 Å². The van der Waals surface area contributed by atoms with Crippen molar-refractivity contribution in [3.63, 3.8) is 0 Å². The van der Waals surface area contributed by atoms with Gasteiger partial charge >= 0.3 is 5.97 Å². The molecule has 0 aliphatic rings. The highest BCUT2D eigenvalue weighted by atomic mass is 16.6. The van der Waals surface area contributed by atoms with Crippen molar-refractivity contribution < 1.29 is 14.3 Å². The van der Waals surface area contributed by atoms with Crippen molar-refractivity contribution in [2.75, 3.05) is 7.11 Å². The van der Waals surface area contributed by atoms with E-state index < -0.39 is 6.10 Å². The van der Waals surface area contributed by atoms with E-state index in [2.05, 4.69) is 10.8 Å². The maximum Gasteiger partial charge on any atom is 0.346 e. The molecule has 1 aromatic carbocycles. The van der Waals surface area contributed by atoms with Crippen LogP contribution >= 0.6 is 0 Å². The number of hydrogen-bond acceptors (Lipinski definition) is 3. The number of carbonyl (C=O) groups excluding carboxylic acids is 1. The molecule has 0 fully saturated rings. The zero-order chi connectivity index (χ0) is 11.4. The molecule has 1 aromatic rings. The lowest BCUT2D eigenvalue weighted by molar-refractivity contribution is -0.147. The minimum atomic E-state index is -0.573. The number of rotatable bonds is 3. The molecule has 3 heteroatoms. The zero-order valence-corrected chi connectivity index (χ0v) is 9.53. The molecule has 1 atom stereocenters. The van der Waals surface area contributed by atoms with Crippen LogP contribution in [0.3, 0.4) is 0 Å². The van der Waals surface area contributed by atoms with Crippen LogP contribution in [0.2, 0.25) is 0 Å². The summed E-state index contributed by atoms with van der Waals surface area (Å²) in [6.45, 7) is 5.65. The highest BCUT2D eigenvalue weighted by Gasteiger charge is 2.14. The number of ether oxygens (including phenoxy) is 2. The van der Waals surface area contributed by atoms with Gasteiger partial charge < -0.3 is 9.47 Å². The summed E-state index contributed by atoms with van der Waals surface area (Å²) in [4.78, 5) is 11.1. The van der Waals surface area contributed by atoms with E-state index in [9.17, 15) is 4.79 Å².